The van der Waals surface area contributed by atoms with E-state index in [4.69, 9.17) is 14.2 Å². The Morgan fingerprint density at radius 2 is 1.77 bits per heavy atom. The lowest BCUT2D eigenvalue weighted by atomic mass is 10.1. The third-order valence-electron chi connectivity index (χ3n) is 5.86. The van der Waals surface area contributed by atoms with Gasteiger partial charge in [0.2, 0.25) is 0 Å². The van der Waals surface area contributed by atoms with Crippen LogP contribution in [0.1, 0.15) is 30.9 Å². The number of anilines is 1. The molecule has 1 aliphatic rings. The number of ether oxygens (including phenoxy) is 3. The Labute approximate surface area is 233 Å². The topological polar surface area (TPSA) is 94.2 Å². The standard InChI is InChI=1S/C29H26BrFN2O6/c1-3-4-13-38-21-11-9-20(10-12-21)33-28(35)22(27(34)32-29(33)36)14-18-15-23(30)26(25(16-18)37-2)39-17-19-7-5-6-8-24(19)31/h5-12,14-16H,3-4,13,17H2,1-2H3,(H,32,34,36)/b22-14-. The van der Waals surface area contributed by atoms with Gasteiger partial charge in [0.15, 0.2) is 11.5 Å². The molecule has 0 radical (unpaired) electrons. The van der Waals surface area contributed by atoms with E-state index in [1.54, 1.807) is 54.6 Å². The van der Waals surface area contributed by atoms with Gasteiger partial charge in [-0.2, -0.15) is 0 Å². The average molecular weight is 597 g/mol. The Morgan fingerprint density at radius 3 is 2.46 bits per heavy atom. The minimum Gasteiger partial charge on any atom is -0.494 e. The van der Waals surface area contributed by atoms with Crippen molar-refractivity contribution in [3.05, 3.63) is 87.7 Å². The highest BCUT2D eigenvalue weighted by Gasteiger charge is 2.37. The molecule has 3 aromatic rings. The van der Waals surface area contributed by atoms with Crippen LogP contribution in [0.5, 0.6) is 17.2 Å². The predicted molar refractivity (Wildman–Crippen MR) is 147 cm³/mol. The Balaban J connectivity index is 1.58. The van der Waals surface area contributed by atoms with Crippen molar-refractivity contribution in [1.29, 1.82) is 0 Å². The lowest BCUT2D eigenvalue weighted by Crippen LogP contribution is -2.54. The highest BCUT2D eigenvalue weighted by Crippen LogP contribution is 2.38. The number of rotatable bonds is 10. The van der Waals surface area contributed by atoms with Gasteiger partial charge >= 0.3 is 6.03 Å². The summed E-state index contributed by atoms with van der Waals surface area (Å²) in [7, 11) is 1.43. The number of barbiturate groups is 1. The van der Waals surface area contributed by atoms with Gasteiger partial charge in [0.1, 0.15) is 23.7 Å². The molecular weight excluding hydrogens is 571 g/mol. The summed E-state index contributed by atoms with van der Waals surface area (Å²) < 4.78 is 31.3. The molecule has 0 aliphatic carbocycles. The lowest BCUT2D eigenvalue weighted by Gasteiger charge is -2.26. The first-order valence-electron chi connectivity index (χ1n) is 12.2. The molecule has 1 aliphatic heterocycles. The van der Waals surface area contributed by atoms with Crippen LogP contribution >= 0.6 is 15.9 Å². The van der Waals surface area contributed by atoms with E-state index in [9.17, 15) is 18.8 Å². The van der Waals surface area contributed by atoms with E-state index in [0.29, 0.717) is 39.5 Å². The maximum atomic E-state index is 14.0. The number of nitrogens with zero attached hydrogens (tertiary/aromatic N) is 1. The van der Waals surface area contributed by atoms with Crippen LogP contribution in [0.15, 0.2) is 70.7 Å². The molecular formula is C29H26BrFN2O6. The predicted octanol–water partition coefficient (Wildman–Crippen LogP) is 6.02. The van der Waals surface area contributed by atoms with Crippen LogP contribution in [0.2, 0.25) is 0 Å². The number of hydrogen-bond acceptors (Lipinski definition) is 6. The van der Waals surface area contributed by atoms with E-state index in [0.717, 1.165) is 17.7 Å². The van der Waals surface area contributed by atoms with Crippen molar-refractivity contribution in [3.63, 3.8) is 0 Å². The molecule has 4 rings (SSSR count). The lowest BCUT2D eigenvalue weighted by molar-refractivity contribution is -0.122. The van der Waals surface area contributed by atoms with Crippen LogP contribution in [0.3, 0.4) is 0 Å². The molecule has 39 heavy (non-hydrogen) atoms. The van der Waals surface area contributed by atoms with E-state index in [1.165, 1.54) is 19.3 Å². The first-order valence-corrected chi connectivity index (χ1v) is 13.0. The summed E-state index contributed by atoms with van der Waals surface area (Å²) in [5.41, 5.74) is 0.845. The van der Waals surface area contributed by atoms with E-state index in [1.807, 2.05) is 0 Å². The molecule has 3 aromatic carbocycles. The molecule has 0 bridgehead atoms. The molecule has 1 heterocycles. The van der Waals surface area contributed by atoms with Gasteiger partial charge < -0.3 is 14.2 Å². The van der Waals surface area contributed by atoms with Crippen molar-refractivity contribution in [3.8, 4) is 17.2 Å². The first-order chi connectivity index (χ1) is 18.8. The van der Waals surface area contributed by atoms with E-state index < -0.39 is 23.7 Å². The summed E-state index contributed by atoms with van der Waals surface area (Å²) in [4.78, 5) is 39.4. The number of benzene rings is 3. The van der Waals surface area contributed by atoms with E-state index >= 15 is 0 Å². The molecule has 0 aromatic heterocycles. The number of hydrogen-bond donors (Lipinski definition) is 1. The number of carbonyl (C=O) groups excluding carboxylic acids is 3. The number of urea groups is 1. The van der Waals surface area contributed by atoms with Gasteiger partial charge in [-0.05, 0) is 76.5 Å². The second-order valence-electron chi connectivity index (χ2n) is 8.57. The van der Waals surface area contributed by atoms with Crippen LogP contribution < -0.4 is 24.4 Å². The first kappa shape index (κ1) is 27.8. The van der Waals surface area contributed by atoms with Crippen molar-refractivity contribution >= 4 is 45.5 Å². The van der Waals surface area contributed by atoms with Gasteiger partial charge in [0.05, 0.1) is 23.9 Å². The second kappa shape index (κ2) is 12.6. The number of nitrogens with one attached hydrogen (secondary N) is 1. The zero-order valence-electron chi connectivity index (χ0n) is 21.3. The van der Waals surface area contributed by atoms with Gasteiger partial charge in [-0.3, -0.25) is 14.9 Å². The Morgan fingerprint density at radius 1 is 1.03 bits per heavy atom. The normalized spacial score (nSPS) is 14.4. The highest BCUT2D eigenvalue weighted by molar-refractivity contribution is 9.10. The van der Waals surface area contributed by atoms with Gasteiger partial charge in [-0.1, -0.05) is 31.5 Å². The van der Waals surface area contributed by atoms with Crippen LogP contribution in [-0.2, 0) is 16.2 Å². The van der Waals surface area contributed by atoms with Crippen molar-refractivity contribution in [1.82, 2.24) is 5.32 Å². The number of unbranched alkanes of at least 4 members (excludes halogenated alkanes) is 1. The summed E-state index contributed by atoms with van der Waals surface area (Å²) in [5, 5.41) is 2.21. The largest absolute Gasteiger partial charge is 0.494 e. The number of imide groups is 2. The Hall–Kier alpha value is -4.18. The molecule has 0 saturated carbocycles. The zero-order chi connectivity index (χ0) is 27.9. The number of amides is 4. The van der Waals surface area contributed by atoms with Crippen LogP contribution in [-0.4, -0.2) is 31.6 Å². The minimum atomic E-state index is -0.850. The molecule has 202 valence electrons. The maximum absolute atomic E-state index is 14.0. The fourth-order valence-corrected chi connectivity index (χ4v) is 4.39. The molecule has 1 N–H and O–H groups in total. The Bertz CT molecular complexity index is 1420. The number of carbonyl (C=O) groups is 3. The molecule has 8 nitrogen and oxygen atoms in total. The maximum Gasteiger partial charge on any atom is 0.335 e. The zero-order valence-corrected chi connectivity index (χ0v) is 22.9. The summed E-state index contributed by atoms with van der Waals surface area (Å²) in [6, 6.07) is 15.1. The number of methoxy groups -OCH3 is 1. The van der Waals surface area contributed by atoms with Crippen LogP contribution in [0.4, 0.5) is 14.9 Å². The molecule has 4 amide bonds. The van der Waals surface area contributed by atoms with Crippen LogP contribution in [0, 0.1) is 5.82 Å². The van der Waals surface area contributed by atoms with E-state index in [2.05, 4.69) is 28.2 Å². The average Bonchev–Trinajstić information content (AvgIpc) is 2.92. The second-order valence-corrected chi connectivity index (χ2v) is 9.42. The highest BCUT2D eigenvalue weighted by atomic mass is 79.9. The monoisotopic (exact) mass is 596 g/mol. The SMILES string of the molecule is CCCCOc1ccc(N2C(=O)NC(=O)/C(=C/c3cc(Br)c(OCc4ccccc4F)c(OC)c3)C2=O)cc1. The molecule has 10 heteroatoms. The molecule has 0 unspecified atom stereocenters. The molecule has 0 atom stereocenters. The van der Waals surface area contributed by atoms with Crippen molar-refractivity contribution in [2.45, 2.75) is 26.4 Å². The number of halogens is 2. The third kappa shape index (κ3) is 6.46. The fraction of sp³-hybridized carbons (Fsp3) is 0.207. The quantitative estimate of drug-likeness (QED) is 0.175. The summed E-state index contributed by atoms with van der Waals surface area (Å²) in [5.74, 6) is -0.774. The fourth-order valence-electron chi connectivity index (χ4n) is 3.81. The third-order valence-corrected chi connectivity index (χ3v) is 6.44. The van der Waals surface area contributed by atoms with E-state index in [-0.39, 0.29) is 17.9 Å². The minimum absolute atomic E-state index is 0.0392. The van der Waals surface area contributed by atoms with Gasteiger partial charge in [-0.25, -0.2) is 14.1 Å². The smallest absolute Gasteiger partial charge is 0.335 e. The molecule has 1 fully saturated rings. The summed E-state index contributed by atoms with van der Waals surface area (Å²) in [6.45, 7) is 2.58. The Kier molecular flexibility index (Phi) is 8.98. The van der Waals surface area contributed by atoms with Crippen molar-refractivity contribution in [2.24, 2.45) is 0 Å². The van der Waals surface area contributed by atoms with Crippen molar-refractivity contribution < 1.29 is 33.0 Å². The van der Waals surface area contributed by atoms with Crippen LogP contribution in [0.25, 0.3) is 6.08 Å². The summed E-state index contributed by atoms with van der Waals surface area (Å²) in [6.07, 6.45) is 3.26. The summed E-state index contributed by atoms with van der Waals surface area (Å²) >= 11 is 3.42. The van der Waals surface area contributed by atoms with Gasteiger partial charge in [0, 0.05) is 5.56 Å². The molecule has 1 saturated heterocycles. The van der Waals surface area contributed by atoms with Crippen molar-refractivity contribution in [2.75, 3.05) is 18.6 Å². The van der Waals surface area contributed by atoms with Gasteiger partial charge in [0.25, 0.3) is 11.8 Å². The molecule has 0 spiro atoms. The van der Waals surface area contributed by atoms with Gasteiger partial charge in [-0.15, -0.1) is 0 Å².